The number of amides is 2. The molecule has 138 valence electrons. The van der Waals surface area contributed by atoms with Crippen LogP contribution in [0.25, 0.3) is 0 Å². The van der Waals surface area contributed by atoms with Crippen LogP contribution in [0.4, 0.5) is 0 Å². The van der Waals surface area contributed by atoms with Gasteiger partial charge in [-0.1, -0.05) is 54.1 Å². The molecule has 1 atom stereocenters. The summed E-state index contributed by atoms with van der Waals surface area (Å²) >= 11 is 5.91. The molecule has 0 aliphatic heterocycles. The molecule has 0 heterocycles. The predicted octanol–water partition coefficient (Wildman–Crippen LogP) is 3.82. The highest BCUT2D eigenvalue weighted by Crippen LogP contribution is 2.14. The van der Waals surface area contributed by atoms with Crippen molar-refractivity contribution < 1.29 is 9.59 Å². The quantitative estimate of drug-likeness (QED) is 0.803. The summed E-state index contributed by atoms with van der Waals surface area (Å²) in [6, 6.07) is 16.4. The van der Waals surface area contributed by atoms with Crippen LogP contribution in [0.2, 0.25) is 5.02 Å². The second-order valence-corrected chi connectivity index (χ2v) is 7.09. The molecular formula is C21H25ClN2O2. The van der Waals surface area contributed by atoms with Crippen LogP contribution >= 0.6 is 11.6 Å². The standard InChI is InChI=1S/C21H25ClN2O2/c1-15(2)23-21(26)16(3)24(14-18-7-5-4-6-8-18)20(25)13-17-9-11-19(22)12-10-17/h4-12,15-16H,13-14H2,1-3H3,(H,23,26). The molecular weight excluding hydrogens is 348 g/mol. The largest absolute Gasteiger partial charge is 0.352 e. The van der Waals surface area contributed by atoms with Gasteiger partial charge in [-0.05, 0) is 44.0 Å². The maximum Gasteiger partial charge on any atom is 0.242 e. The maximum atomic E-state index is 12.9. The lowest BCUT2D eigenvalue weighted by Gasteiger charge is -2.29. The minimum atomic E-state index is -0.558. The van der Waals surface area contributed by atoms with Gasteiger partial charge in [0.15, 0.2) is 0 Å². The van der Waals surface area contributed by atoms with Gasteiger partial charge in [0, 0.05) is 17.6 Å². The average Bonchev–Trinajstić information content (AvgIpc) is 2.61. The van der Waals surface area contributed by atoms with E-state index in [9.17, 15) is 9.59 Å². The predicted molar refractivity (Wildman–Crippen MR) is 105 cm³/mol. The van der Waals surface area contributed by atoms with Crippen LogP contribution in [-0.2, 0) is 22.6 Å². The Kier molecular flexibility index (Phi) is 7.22. The summed E-state index contributed by atoms with van der Waals surface area (Å²) in [6.07, 6.45) is 0.225. The molecule has 0 aromatic heterocycles. The third kappa shape index (κ3) is 5.88. The van der Waals surface area contributed by atoms with E-state index >= 15 is 0 Å². The minimum absolute atomic E-state index is 0.0230. The Morgan fingerprint density at radius 2 is 1.58 bits per heavy atom. The van der Waals surface area contributed by atoms with Crippen molar-refractivity contribution in [2.24, 2.45) is 0 Å². The highest BCUT2D eigenvalue weighted by atomic mass is 35.5. The van der Waals surface area contributed by atoms with Gasteiger partial charge in [0.2, 0.25) is 11.8 Å². The van der Waals surface area contributed by atoms with E-state index in [1.54, 1.807) is 24.0 Å². The molecule has 2 aromatic rings. The second kappa shape index (κ2) is 9.39. The topological polar surface area (TPSA) is 49.4 Å². The Balaban J connectivity index is 2.19. The molecule has 4 nitrogen and oxygen atoms in total. The highest BCUT2D eigenvalue weighted by Gasteiger charge is 2.26. The molecule has 0 radical (unpaired) electrons. The van der Waals surface area contributed by atoms with E-state index in [-0.39, 0.29) is 24.3 Å². The van der Waals surface area contributed by atoms with E-state index in [1.807, 2.05) is 56.3 Å². The van der Waals surface area contributed by atoms with Crippen molar-refractivity contribution in [1.29, 1.82) is 0 Å². The average molecular weight is 373 g/mol. The Labute approximate surface area is 160 Å². The van der Waals surface area contributed by atoms with E-state index in [0.29, 0.717) is 11.6 Å². The van der Waals surface area contributed by atoms with Crippen molar-refractivity contribution in [1.82, 2.24) is 10.2 Å². The Morgan fingerprint density at radius 3 is 2.15 bits per heavy atom. The Bertz CT molecular complexity index is 729. The van der Waals surface area contributed by atoms with Crippen molar-refractivity contribution in [2.75, 3.05) is 0 Å². The number of carbonyl (C=O) groups excluding carboxylic acids is 2. The molecule has 5 heteroatoms. The van der Waals surface area contributed by atoms with Crippen molar-refractivity contribution in [3.05, 3.63) is 70.7 Å². The van der Waals surface area contributed by atoms with E-state index in [1.165, 1.54) is 0 Å². The van der Waals surface area contributed by atoms with Gasteiger partial charge in [-0.15, -0.1) is 0 Å². The van der Waals surface area contributed by atoms with Gasteiger partial charge >= 0.3 is 0 Å². The van der Waals surface area contributed by atoms with Gasteiger partial charge in [0.05, 0.1) is 6.42 Å². The molecule has 1 unspecified atom stereocenters. The van der Waals surface area contributed by atoms with Gasteiger partial charge in [-0.3, -0.25) is 9.59 Å². The van der Waals surface area contributed by atoms with E-state index < -0.39 is 6.04 Å². The van der Waals surface area contributed by atoms with E-state index in [2.05, 4.69) is 5.32 Å². The molecule has 0 aliphatic rings. The summed E-state index contributed by atoms with van der Waals surface area (Å²) in [5.74, 6) is -0.247. The first kappa shape index (κ1) is 20.0. The molecule has 26 heavy (non-hydrogen) atoms. The molecule has 2 aromatic carbocycles. The molecule has 1 N–H and O–H groups in total. The molecule has 0 bridgehead atoms. The smallest absolute Gasteiger partial charge is 0.242 e. The van der Waals surface area contributed by atoms with Crippen molar-refractivity contribution in [2.45, 2.75) is 45.8 Å². The van der Waals surface area contributed by atoms with Crippen molar-refractivity contribution in [3.8, 4) is 0 Å². The second-order valence-electron chi connectivity index (χ2n) is 6.65. The number of hydrogen-bond acceptors (Lipinski definition) is 2. The van der Waals surface area contributed by atoms with Gasteiger partial charge in [0.1, 0.15) is 6.04 Å². The first-order valence-corrected chi connectivity index (χ1v) is 9.13. The van der Waals surface area contributed by atoms with Crippen molar-refractivity contribution in [3.63, 3.8) is 0 Å². The van der Waals surface area contributed by atoms with Crippen LogP contribution in [-0.4, -0.2) is 28.8 Å². The number of hydrogen-bond donors (Lipinski definition) is 1. The lowest BCUT2D eigenvalue weighted by Crippen LogP contribution is -2.49. The number of nitrogens with one attached hydrogen (secondary N) is 1. The zero-order chi connectivity index (χ0) is 19.1. The first-order chi connectivity index (χ1) is 12.4. The summed E-state index contributed by atoms with van der Waals surface area (Å²) < 4.78 is 0. The third-order valence-corrected chi connectivity index (χ3v) is 4.31. The number of benzene rings is 2. The van der Waals surface area contributed by atoms with Crippen LogP contribution in [0, 0.1) is 0 Å². The molecule has 0 saturated carbocycles. The van der Waals surface area contributed by atoms with E-state index in [0.717, 1.165) is 11.1 Å². The van der Waals surface area contributed by atoms with Crippen molar-refractivity contribution >= 4 is 23.4 Å². The normalized spacial score (nSPS) is 11.9. The summed E-state index contributed by atoms with van der Waals surface area (Å²) in [5.41, 5.74) is 1.86. The van der Waals surface area contributed by atoms with Gasteiger partial charge in [-0.25, -0.2) is 0 Å². The first-order valence-electron chi connectivity index (χ1n) is 8.75. The summed E-state index contributed by atoms with van der Waals surface area (Å²) in [5, 5.41) is 3.52. The molecule has 0 spiro atoms. The third-order valence-electron chi connectivity index (χ3n) is 4.06. The fraction of sp³-hybridized carbons (Fsp3) is 0.333. The lowest BCUT2D eigenvalue weighted by molar-refractivity contribution is -0.140. The molecule has 2 amide bonds. The Hall–Kier alpha value is -2.33. The lowest BCUT2D eigenvalue weighted by atomic mass is 10.1. The highest BCUT2D eigenvalue weighted by molar-refractivity contribution is 6.30. The SMILES string of the molecule is CC(C)NC(=O)C(C)N(Cc1ccccc1)C(=O)Cc1ccc(Cl)cc1. The van der Waals surface area contributed by atoms with Crippen LogP contribution in [0.1, 0.15) is 31.9 Å². The summed E-state index contributed by atoms with van der Waals surface area (Å²) in [4.78, 5) is 27.0. The molecule has 0 fully saturated rings. The van der Waals surface area contributed by atoms with Gasteiger partial charge in [0.25, 0.3) is 0 Å². The minimum Gasteiger partial charge on any atom is -0.352 e. The monoisotopic (exact) mass is 372 g/mol. The molecule has 0 aliphatic carbocycles. The number of carbonyl (C=O) groups is 2. The zero-order valence-corrected chi connectivity index (χ0v) is 16.2. The van der Waals surface area contributed by atoms with Gasteiger partial charge < -0.3 is 10.2 Å². The summed E-state index contributed by atoms with van der Waals surface area (Å²) in [6.45, 7) is 5.96. The Morgan fingerprint density at radius 1 is 0.962 bits per heavy atom. The number of nitrogens with zero attached hydrogens (tertiary/aromatic N) is 1. The van der Waals surface area contributed by atoms with E-state index in [4.69, 9.17) is 11.6 Å². The van der Waals surface area contributed by atoms with Gasteiger partial charge in [-0.2, -0.15) is 0 Å². The number of halogens is 1. The number of rotatable bonds is 7. The fourth-order valence-electron chi connectivity index (χ4n) is 2.65. The van der Waals surface area contributed by atoms with Crippen LogP contribution in [0.3, 0.4) is 0 Å². The summed E-state index contributed by atoms with van der Waals surface area (Å²) in [7, 11) is 0. The fourth-order valence-corrected chi connectivity index (χ4v) is 2.77. The maximum absolute atomic E-state index is 12.9. The molecule has 0 saturated heterocycles. The van der Waals surface area contributed by atoms with Crippen LogP contribution in [0.15, 0.2) is 54.6 Å². The van der Waals surface area contributed by atoms with Crippen LogP contribution in [0.5, 0.6) is 0 Å². The molecule has 2 rings (SSSR count). The zero-order valence-electron chi connectivity index (χ0n) is 15.4. The van der Waals surface area contributed by atoms with Crippen LogP contribution < -0.4 is 5.32 Å².